The molecule has 0 heterocycles. The third kappa shape index (κ3) is 4.70. The molecule has 2 rings (SSSR count). The predicted molar refractivity (Wildman–Crippen MR) is 94.7 cm³/mol. The summed E-state index contributed by atoms with van der Waals surface area (Å²) in [4.78, 5) is 11.1. The van der Waals surface area contributed by atoms with Crippen LogP contribution in [0.1, 0.15) is 12.5 Å². The summed E-state index contributed by atoms with van der Waals surface area (Å²) in [7, 11) is -3.57. The van der Waals surface area contributed by atoms with E-state index >= 15 is 0 Å². The molecule has 1 atom stereocenters. The van der Waals surface area contributed by atoms with Gasteiger partial charge < -0.3 is 10.4 Å². The van der Waals surface area contributed by atoms with E-state index < -0.39 is 21.8 Å². The molecule has 2 aromatic rings. The number of anilines is 1. The first kappa shape index (κ1) is 17.7. The van der Waals surface area contributed by atoms with Crippen molar-refractivity contribution in [3.63, 3.8) is 0 Å². The van der Waals surface area contributed by atoms with Crippen molar-refractivity contribution < 1.29 is 18.3 Å². The van der Waals surface area contributed by atoms with Crippen molar-refractivity contribution in [2.24, 2.45) is 0 Å². The largest absolute Gasteiger partial charge is 0.480 e. The van der Waals surface area contributed by atoms with E-state index in [1.54, 1.807) is 30.4 Å². The lowest BCUT2D eigenvalue weighted by Crippen LogP contribution is -2.26. The minimum atomic E-state index is -3.57. The molecule has 2 N–H and O–H groups in total. The predicted octanol–water partition coefficient (Wildman–Crippen LogP) is 3.06. The second kappa shape index (κ2) is 7.79. The molecule has 0 amide bonds. The molecule has 126 valence electrons. The maximum absolute atomic E-state index is 12.6. The molecule has 0 saturated carbocycles. The number of aliphatic carboxylic acids is 1. The van der Waals surface area contributed by atoms with Crippen LogP contribution in [0.25, 0.3) is 6.08 Å². The minimum Gasteiger partial charge on any atom is -0.480 e. The fraction of sp³-hybridized carbons (Fsp3) is 0.167. The number of benzene rings is 2. The Hall–Kier alpha value is -2.60. The molecule has 0 aromatic heterocycles. The number of rotatable bonds is 7. The molecule has 6 heteroatoms. The zero-order valence-electron chi connectivity index (χ0n) is 13.2. The van der Waals surface area contributed by atoms with Gasteiger partial charge in [0.1, 0.15) is 6.04 Å². The average Bonchev–Trinajstić information content (AvgIpc) is 2.56. The van der Waals surface area contributed by atoms with Gasteiger partial charge in [0.2, 0.25) is 0 Å². The first-order valence-electron chi connectivity index (χ1n) is 7.43. The number of hydrogen-bond acceptors (Lipinski definition) is 4. The third-order valence-corrected chi connectivity index (χ3v) is 5.05. The van der Waals surface area contributed by atoms with Gasteiger partial charge in [-0.25, -0.2) is 8.42 Å². The molecule has 0 fully saturated rings. The second-order valence-corrected chi connectivity index (χ2v) is 7.30. The number of sulfone groups is 1. The number of nitrogens with one attached hydrogen (secondary N) is 1. The molecule has 2 aromatic carbocycles. The van der Waals surface area contributed by atoms with Crippen LogP contribution in [0.4, 0.5) is 5.69 Å². The Kier molecular flexibility index (Phi) is 5.76. The van der Waals surface area contributed by atoms with Crippen LogP contribution in [0.15, 0.2) is 65.6 Å². The Balaban J connectivity index is 2.20. The van der Waals surface area contributed by atoms with Gasteiger partial charge in [0.25, 0.3) is 0 Å². The van der Waals surface area contributed by atoms with Crippen LogP contribution >= 0.6 is 0 Å². The molecule has 24 heavy (non-hydrogen) atoms. The lowest BCUT2D eigenvalue weighted by Gasteiger charge is -2.14. The van der Waals surface area contributed by atoms with Crippen molar-refractivity contribution >= 4 is 27.6 Å². The van der Waals surface area contributed by atoms with Gasteiger partial charge in [0, 0.05) is 0 Å². The summed E-state index contributed by atoms with van der Waals surface area (Å²) < 4.78 is 25.1. The van der Waals surface area contributed by atoms with Gasteiger partial charge in [-0.2, -0.15) is 0 Å². The molecule has 0 spiro atoms. The van der Waals surface area contributed by atoms with Crippen LogP contribution in [0.2, 0.25) is 0 Å². The first-order valence-corrected chi connectivity index (χ1v) is 9.08. The SMILES string of the molecule is C[C@H](Nc1ccccc1S(=O)(=O)CC=Cc1ccccc1)C(=O)O. The summed E-state index contributed by atoms with van der Waals surface area (Å²) in [5.41, 5.74) is 1.21. The van der Waals surface area contributed by atoms with E-state index in [0.29, 0.717) is 5.69 Å². The molecule has 0 aliphatic heterocycles. The molecule has 5 nitrogen and oxygen atoms in total. The maximum Gasteiger partial charge on any atom is 0.325 e. The third-order valence-electron chi connectivity index (χ3n) is 3.39. The van der Waals surface area contributed by atoms with Gasteiger partial charge in [-0.1, -0.05) is 54.6 Å². The van der Waals surface area contributed by atoms with E-state index in [4.69, 9.17) is 5.11 Å². The van der Waals surface area contributed by atoms with Crippen LogP contribution in [-0.4, -0.2) is 31.3 Å². The smallest absolute Gasteiger partial charge is 0.325 e. The summed E-state index contributed by atoms with van der Waals surface area (Å²) in [5, 5.41) is 11.7. The normalized spacial score (nSPS) is 12.9. The Morgan fingerprint density at radius 3 is 2.42 bits per heavy atom. The van der Waals surface area contributed by atoms with Gasteiger partial charge >= 0.3 is 5.97 Å². The van der Waals surface area contributed by atoms with Gasteiger partial charge in [0.05, 0.1) is 16.3 Å². The summed E-state index contributed by atoms with van der Waals surface area (Å²) in [6.07, 6.45) is 3.33. The van der Waals surface area contributed by atoms with Gasteiger partial charge in [-0.05, 0) is 24.6 Å². The fourth-order valence-electron chi connectivity index (χ4n) is 2.12. The summed E-state index contributed by atoms with van der Waals surface area (Å²) >= 11 is 0. The van der Waals surface area contributed by atoms with Gasteiger partial charge in [-0.15, -0.1) is 0 Å². The Morgan fingerprint density at radius 2 is 1.75 bits per heavy atom. The van der Waals surface area contributed by atoms with Crippen LogP contribution in [0.3, 0.4) is 0 Å². The summed E-state index contributed by atoms with van der Waals surface area (Å²) in [5.74, 6) is -1.21. The van der Waals surface area contributed by atoms with Crippen molar-refractivity contribution in [1.82, 2.24) is 0 Å². The highest BCUT2D eigenvalue weighted by atomic mass is 32.2. The topological polar surface area (TPSA) is 83.5 Å². The monoisotopic (exact) mass is 345 g/mol. The summed E-state index contributed by atoms with van der Waals surface area (Å²) in [6.45, 7) is 1.46. The average molecular weight is 345 g/mol. The second-order valence-electron chi connectivity index (χ2n) is 5.29. The van der Waals surface area contributed by atoms with Crippen LogP contribution in [0, 0.1) is 0 Å². The number of carboxylic acid groups (broad SMARTS) is 1. The number of hydrogen-bond donors (Lipinski definition) is 2. The number of carboxylic acids is 1. The molecule has 0 aliphatic carbocycles. The van der Waals surface area contributed by atoms with E-state index in [2.05, 4.69) is 5.32 Å². The minimum absolute atomic E-state index is 0.0933. The van der Waals surface area contributed by atoms with Crippen molar-refractivity contribution in [2.75, 3.05) is 11.1 Å². The Bertz CT molecular complexity index is 829. The fourth-order valence-corrected chi connectivity index (χ4v) is 3.39. The van der Waals surface area contributed by atoms with Gasteiger partial charge in [-0.3, -0.25) is 4.79 Å². The molecular weight excluding hydrogens is 326 g/mol. The molecule has 0 saturated heterocycles. The lowest BCUT2D eigenvalue weighted by molar-refractivity contribution is -0.137. The van der Waals surface area contributed by atoms with E-state index in [-0.39, 0.29) is 10.6 Å². The number of para-hydroxylation sites is 1. The Labute approximate surface area is 141 Å². The molecule has 0 aliphatic rings. The van der Waals surface area contributed by atoms with Gasteiger partial charge in [0.15, 0.2) is 9.84 Å². The maximum atomic E-state index is 12.6. The van der Waals surface area contributed by atoms with Crippen molar-refractivity contribution in [1.29, 1.82) is 0 Å². The van der Waals surface area contributed by atoms with E-state index in [9.17, 15) is 13.2 Å². The first-order chi connectivity index (χ1) is 11.4. The molecule has 0 radical (unpaired) electrons. The summed E-state index contributed by atoms with van der Waals surface area (Å²) in [6, 6.07) is 14.8. The molecule has 0 unspecified atom stereocenters. The van der Waals surface area contributed by atoms with Crippen LogP contribution < -0.4 is 5.32 Å². The highest BCUT2D eigenvalue weighted by Crippen LogP contribution is 2.23. The Morgan fingerprint density at radius 1 is 1.12 bits per heavy atom. The standard InChI is InChI=1S/C18H19NO4S/c1-14(18(20)21)19-16-11-5-6-12-17(16)24(22,23)13-7-10-15-8-3-2-4-9-15/h2-12,14,19H,13H2,1H3,(H,20,21)/t14-/m0/s1. The zero-order chi connectivity index (χ0) is 17.6. The highest BCUT2D eigenvalue weighted by Gasteiger charge is 2.19. The number of carbonyl (C=O) groups is 1. The van der Waals surface area contributed by atoms with E-state index in [1.165, 1.54) is 13.0 Å². The zero-order valence-corrected chi connectivity index (χ0v) is 14.0. The molecule has 0 bridgehead atoms. The quantitative estimate of drug-likeness (QED) is 0.806. The molecular formula is C18H19NO4S. The highest BCUT2D eigenvalue weighted by molar-refractivity contribution is 7.91. The van der Waals surface area contributed by atoms with Crippen molar-refractivity contribution in [3.8, 4) is 0 Å². The van der Waals surface area contributed by atoms with E-state index in [0.717, 1.165) is 5.56 Å². The van der Waals surface area contributed by atoms with E-state index in [1.807, 2.05) is 30.3 Å². The lowest BCUT2D eigenvalue weighted by atomic mass is 10.2. The van der Waals surface area contributed by atoms with Crippen molar-refractivity contribution in [2.45, 2.75) is 17.9 Å². The van der Waals surface area contributed by atoms with Crippen LogP contribution in [-0.2, 0) is 14.6 Å². The van der Waals surface area contributed by atoms with Crippen LogP contribution in [0.5, 0.6) is 0 Å². The van der Waals surface area contributed by atoms with Crippen molar-refractivity contribution in [3.05, 3.63) is 66.2 Å².